The number of rotatable bonds is 6. The van der Waals surface area contributed by atoms with Gasteiger partial charge in [0.1, 0.15) is 0 Å². The van der Waals surface area contributed by atoms with Crippen LogP contribution in [0.3, 0.4) is 0 Å². The number of Topliss-reactive ketones (excluding diaryl/α,β-unsaturated/α-hetero) is 2. The topological polar surface area (TPSA) is 83.3 Å². The van der Waals surface area contributed by atoms with Crippen LogP contribution in [0.5, 0.6) is 5.75 Å². The quantitative estimate of drug-likeness (QED) is 0.376. The molecular weight excluding hydrogens is 485 g/mol. The molecule has 0 N–H and O–H groups in total. The van der Waals surface area contributed by atoms with Crippen molar-refractivity contribution in [2.24, 2.45) is 5.92 Å². The summed E-state index contributed by atoms with van der Waals surface area (Å²) in [5.41, 5.74) is 1.78. The van der Waals surface area contributed by atoms with Gasteiger partial charge in [0.25, 0.3) is 0 Å². The SMILES string of the molecule is COc1ccc([Se]Cc2cn(CC3C4=C(OC3(C)C)c3ccccc3C(=O)C4=O)nn2)cc1. The Morgan fingerprint density at radius 2 is 1.79 bits per heavy atom. The van der Waals surface area contributed by atoms with Crippen LogP contribution in [0, 0.1) is 5.92 Å². The van der Waals surface area contributed by atoms with E-state index in [-0.39, 0.29) is 20.9 Å². The number of benzene rings is 2. The zero-order valence-corrected chi connectivity index (χ0v) is 20.3. The van der Waals surface area contributed by atoms with Crippen LogP contribution < -0.4 is 9.20 Å². The minimum atomic E-state index is -0.656. The number of nitrogens with zero attached hydrogens (tertiary/aromatic N) is 3. The van der Waals surface area contributed by atoms with E-state index in [9.17, 15) is 9.59 Å². The molecule has 1 atom stereocenters. The molecule has 7 nitrogen and oxygen atoms in total. The van der Waals surface area contributed by atoms with Gasteiger partial charge in [0.2, 0.25) is 0 Å². The third-order valence-electron chi connectivity index (χ3n) is 6.07. The van der Waals surface area contributed by atoms with Crippen LogP contribution in [-0.4, -0.2) is 54.2 Å². The Morgan fingerprint density at radius 1 is 1.06 bits per heavy atom. The summed E-state index contributed by atoms with van der Waals surface area (Å²) >= 11 is 0.216. The number of fused-ring (bicyclic) bond motifs is 2. The fourth-order valence-corrected chi connectivity index (χ4v) is 5.93. The van der Waals surface area contributed by atoms with Crippen molar-refractivity contribution in [3.63, 3.8) is 0 Å². The fraction of sp³-hybridized carbons (Fsp3) is 0.280. The molecule has 33 heavy (non-hydrogen) atoms. The van der Waals surface area contributed by atoms with Crippen LogP contribution in [0.2, 0.25) is 0 Å². The molecule has 2 aromatic carbocycles. The molecule has 1 aromatic heterocycles. The Labute approximate surface area is 197 Å². The molecule has 1 aliphatic heterocycles. The van der Waals surface area contributed by atoms with Crippen molar-refractivity contribution in [2.45, 2.75) is 31.3 Å². The van der Waals surface area contributed by atoms with Crippen LogP contribution >= 0.6 is 0 Å². The molecular formula is C25H23N3O4Se. The van der Waals surface area contributed by atoms with E-state index in [2.05, 4.69) is 22.4 Å². The predicted octanol–water partition coefficient (Wildman–Crippen LogP) is 2.42. The van der Waals surface area contributed by atoms with Gasteiger partial charge in [-0.2, -0.15) is 0 Å². The first-order valence-electron chi connectivity index (χ1n) is 10.6. The molecule has 1 unspecified atom stereocenters. The maximum atomic E-state index is 13.0. The van der Waals surface area contributed by atoms with Crippen LogP contribution in [0.1, 0.15) is 35.5 Å². The number of carbonyl (C=O) groups is 2. The number of aromatic nitrogens is 3. The Hall–Kier alpha value is -3.22. The summed E-state index contributed by atoms with van der Waals surface area (Å²) in [7, 11) is 1.66. The summed E-state index contributed by atoms with van der Waals surface area (Å²) in [6.07, 6.45) is 1.92. The molecule has 3 aromatic rings. The van der Waals surface area contributed by atoms with E-state index in [1.54, 1.807) is 23.9 Å². The molecule has 0 amide bonds. The fourth-order valence-electron chi connectivity index (χ4n) is 4.30. The number of carbonyl (C=O) groups excluding carboxylic acids is 2. The second kappa shape index (κ2) is 8.28. The molecule has 1 aliphatic carbocycles. The summed E-state index contributed by atoms with van der Waals surface area (Å²) in [6.45, 7) is 4.30. The molecule has 0 bridgehead atoms. The van der Waals surface area contributed by atoms with E-state index in [0.29, 0.717) is 29.0 Å². The number of hydrogen-bond donors (Lipinski definition) is 0. The Balaban J connectivity index is 1.36. The molecule has 0 spiro atoms. The van der Waals surface area contributed by atoms with Crippen molar-refractivity contribution < 1.29 is 19.1 Å². The molecule has 0 radical (unpaired) electrons. The Morgan fingerprint density at radius 3 is 2.52 bits per heavy atom. The van der Waals surface area contributed by atoms with E-state index in [4.69, 9.17) is 9.47 Å². The van der Waals surface area contributed by atoms with Gasteiger partial charge in [-0.05, 0) is 0 Å². The zero-order valence-electron chi connectivity index (χ0n) is 18.6. The number of ether oxygens (including phenoxy) is 2. The van der Waals surface area contributed by atoms with Gasteiger partial charge in [-0.25, -0.2) is 0 Å². The van der Waals surface area contributed by atoms with Gasteiger partial charge < -0.3 is 0 Å². The molecule has 5 rings (SSSR count). The van der Waals surface area contributed by atoms with Crippen molar-refractivity contribution in [3.05, 3.63) is 77.1 Å². The summed E-state index contributed by atoms with van der Waals surface area (Å²) in [6, 6.07) is 15.2. The van der Waals surface area contributed by atoms with Crippen molar-refractivity contribution in [2.75, 3.05) is 7.11 Å². The summed E-state index contributed by atoms with van der Waals surface area (Å²) in [5, 5.41) is 9.43. The minimum absolute atomic E-state index is 0.216. The second-order valence-corrected chi connectivity index (χ2v) is 10.8. The Bertz CT molecular complexity index is 1280. The second-order valence-electron chi connectivity index (χ2n) is 8.60. The summed E-state index contributed by atoms with van der Waals surface area (Å²) in [4.78, 5) is 25.8. The van der Waals surface area contributed by atoms with E-state index in [1.165, 1.54) is 4.46 Å². The molecule has 8 heteroatoms. The molecule has 0 saturated carbocycles. The molecule has 0 saturated heterocycles. The molecule has 0 fully saturated rings. The van der Waals surface area contributed by atoms with E-state index in [1.807, 2.05) is 44.3 Å². The molecule has 2 heterocycles. The van der Waals surface area contributed by atoms with Crippen molar-refractivity contribution in [3.8, 4) is 5.75 Å². The van der Waals surface area contributed by atoms with Crippen molar-refractivity contribution in [1.29, 1.82) is 0 Å². The van der Waals surface area contributed by atoms with E-state index < -0.39 is 17.2 Å². The summed E-state index contributed by atoms with van der Waals surface area (Å²) in [5.74, 6) is 0.0980. The van der Waals surface area contributed by atoms with Gasteiger partial charge in [-0.3, -0.25) is 0 Å². The molecule has 2 aliphatic rings. The van der Waals surface area contributed by atoms with Gasteiger partial charge in [-0.1, -0.05) is 0 Å². The zero-order chi connectivity index (χ0) is 23.2. The number of hydrogen-bond acceptors (Lipinski definition) is 6. The predicted molar refractivity (Wildman–Crippen MR) is 123 cm³/mol. The average molecular weight is 508 g/mol. The van der Waals surface area contributed by atoms with Gasteiger partial charge in [0.15, 0.2) is 0 Å². The van der Waals surface area contributed by atoms with Crippen molar-refractivity contribution >= 4 is 36.7 Å². The van der Waals surface area contributed by atoms with E-state index >= 15 is 0 Å². The van der Waals surface area contributed by atoms with Crippen LogP contribution in [-0.2, 0) is 21.4 Å². The van der Waals surface area contributed by atoms with Crippen LogP contribution in [0.4, 0.5) is 0 Å². The monoisotopic (exact) mass is 509 g/mol. The first-order valence-corrected chi connectivity index (χ1v) is 12.7. The van der Waals surface area contributed by atoms with E-state index in [0.717, 1.165) is 16.8 Å². The maximum absolute atomic E-state index is 13.0. The first-order chi connectivity index (χ1) is 15.9. The van der Waals surface area contributed by atoms with Gasteiger partial charge >= 0.3 is 198 Å². The van der Waals surface area contributed by atoms with Gasteiger partial charge in [0, 0.05) is 0 Å². The first kappa shape index (κ1) is 21.6. The van der Waals surface area contributed by atoms with Gasteiger partial charge in [-0.15, -0.1) is 0 Å². The van der Waals surface area contributed by atoms with Crippen LogP contribution in [0.25, 0.3) is 5.76 Å². The normalized spacial score (nSPS) is 18.7. The summed E-state index contributed by atoms with van der Waals surface area (Å²) < 4.78 is 14.5. The molecule has 168 valence electrons. The Kier molecular flexibility index (Phi) is 5.43. The third-order valence-corrected chi connectivity index (χ3v) is 8.26. The number of ketones is 2. The van der Waals surface area contributed by atoms with Gasteiger partial charge in [0.05, 0.1) is 0 Å². The standard InChI is InChI=1S/C25H23N3O4Se/c1-25(2)20(21-23(30)22(29)18-6-4-5-7-19(18)24(21)32-25)13-28-12-15(26-27-28)14-33-17-10-8-16(31-3)9-11-17/h4-12,20H,13-14H2,1-3H3. The average Bonchev–Trinajstić information content (AvgIpc) is 3.38. The third kappa shape index (κ3) is 3.90. The number of methoxy groups -OCH3 is 1. The van der Waals surface area contributed by atoms with Crippen LogP contribution in [0.15, 0.2) is 60.3 Å². The van der Waals surface area contributed by atoms with Crippen molar-refractivity contribution in [1.82, 2.24) is 15.0 Å².